The maximum Gasteiger partial charge on any atom is 0.161 e. The molecule has 1 fully saturated rings. The molecule has 1 aliphatic heterocycles. The molecule has 5 heteroatoms. The van der Waals surface area contributed by atoms with E-state index in [-0.39, 0.29) is 5.54 Å². The second-order valence-electron chi connectivity index (χ2n) is 5.88. The Hall–Kier alpha value is -0.000000000000000111. The summed E-state index contributed by atoms with van der Waals surface area (Å²) >= 11 is 8.97. The van der Waals surface area contributed by atoms with Crippen LogP contribution in [0.5, 0.6) is 0 Å². The van der Waals surface area contributed by atoms with Crippen molar-refractivity contribution in [2.75, 3.05) is 11.1 Å². The van der Waals surface area contributed by atoms with Crippen molar-refractivity contribution < 1.29 is 0 Å². The summed E-state index contributed by atoms with van der Waals surface area (Å²) in [5.41, 5.74) is 1.27. The van der Waals surface area contributed by atoms with Crippen LogP contribution >= 0.6 is 43.6 Å². The molecular weight excluding hydrogens is 400 g/mol. The number of halogens is 2. The minimum absolute atomic E-state index is 0.198. The van der Waals surface area contributed by atoms with Gasteiger partial charge in [0.1, 0.15) is 0 Å². The molecule has 2 unspecified atom stereocenters. The van der Waals surface area contributed by atoms with Crippen molar-refractivity contribution in [3.8, 4) is 0 Å². The Bertz CT molecular complexity index is 547. The number of aliphatic imine (C=N–C) groups is 1. The minimum Gasteiger partial charge on any atom is -0.334 e. The van der Waals surface area contributed by atoms with Crippen LogP contribution in [0.15, 0.2) is 32.1 Å². The molecule has 3 rings (SSSR count). The fraction of sp³-hybridized carbons (Fsp3) is 0.533. The second kappa shape index (κ2) is 6.01. The number of anilines is 1. The molecule has 1 aromatic rings. The van der Waals surface area contributed by atoms with Gasteiger partial charge in [0.05, 0.1) is 11.2 Å². The van der Waals surface area contributed by atoms with E-state index >= 15 is 0 Å². The lowest BCUT2D eigenvalue weighted by atomic mass is 9.78. The van der Waals surface area contributed by atoms with Gasteiger partial charge in [-0.3, -0.25) is 4.99 Å². The van der Waals surface area contributed by atoms with Crippen molar-refractivity contribution in [2.24, 2.45) is 10.9 Å². The molecule has 2 atom stereocenters. The number of nitrogens with one attached hydrogen (secondary N) is 1. The number of hydrogen-bond donors (Lipinski definition) is 1. The second-order valence-corrected chi connectivity index (χ2v) is 8.61. The van der Waals surface area contributed by atoms with Gasteiger partial charge in [0.15, 0.2) is 5.17 Å². The largest absolute Gasteiger partial charge is 0.334 e. The molecule has 0 amide bonds. The first kappa shape index (κ1) is 14.9. The maximum absolute atomic E-state index is 5.03. The summed E-state index contributed by atoms with van der Waals surface area (Å²) in [6.45, 7) is 2.36. The van der Waals surface area contributed by atoms with Crippen LogP contribution in [0.1, 0.15) is 32.6 Å². The number of amidine groups is 1. The van der Waals surface area contributed by atoms with E-state index in [2.05, 4.69) is 50.2 Å². The Balaban J connectivity index is 1.77. The van der Waals surface area contributed by atoms with Gasteiger partial charge >= 0.3 is 0 Å². The van der Waals surface area contributed by atoms with E-state index in [1.165, 1.54) is 25.7 Å². The molecule has 0 bridgehead atoms. The van der Waals surface area contributed by atoms with Crippen LogP contribution in [0.4, 0.5) is 5.69 Å². The zero-order valence-corrected chi connectivity index (χ0v) is 15.4. The van der Waals surface area contributed by atoms with Crippen molar-refractivity contribution in [1.29, 1.82) is 0 Å². The highest BCUT2D eigenvalue weighted by Crippen LogP contribution is 2.42. The SMILES string of the molecule is CC1CCCC2(CSC(Nc3cc(Br)ccc3Br)=N2)C1. The molecule has 0 radical (unpaired) electrons. The third-order valence-electron chi connectivity index (χ3n) is 4.05. The van der Waals surface area contributed by atoms with Gasteiger partial charge in [-0.05, 0) is 52.9 Å². The summed E-state index contributed by atoms with van der Waals surface area (Å²) in [4.78, 5) is 5.03. The van der Waals surface area contributed by atoms with E-state index in [4.69, 9.17) is 4.99 Å². The fourth-order valence-corrected chi connectivity index (χ4v) is 5.00. The quantitative estimate of drug-likeness (QED) is 0.635. The van der Waals surface area contributed by atoms with E-state index < -0.39 is 0 Å². The van der Waals surface area contributed by atoms with E-state index in [0.29, 0.717) is 0 Å². The van der Waals surface area contributed by atoms with Crippen LogP contribution in [0.3, 0.4) is 0 Å². The summed E-state index contributed by atoms with van der Waals surface area (Å²) in [5, 5.41) is 4.54. The molecule has 2 nitrogen and oxygen atoms in total. The molecule has 2 aliphatic rings. The molecule has 1 spiro atoms. The van der Waals surface area contributed by atoms with Gasteiger partial charge in [0.2, 0.25) is 0 Å². The van der Waals surface area contributed by atoms with Gasteiger partial charge < -0.3 is 5.32 Å². The Kier molecular flexibility index (Phi) is 4.48. The first-order valence-corrected chi connectivity index (χ1v) is 9.58. The van der Waals surface area contributed by atoms with Crippen molar-refractivity contribution in [3.05, 3.63) is 27.1 Å². The van der Waals surface area contributed by atoms with Crippen LogP contribution in [0.25, 0.3) is 0 Å². The Labute approximate surface area is 141 Å². The van der Waals surface area contributed by atoms with Gasteiger partial charge in [-0.25, -0.2) is 0 Å². The van der Waals surface area contributed by atoms with Gasteiger partial charge in [-0.1, -0.05) is 47.5 Å². The molecule has 0 aromatic heterocycles. The Morgan fingerprint density at radius 1 is 1.40 bits per heavy atom. The molecule has 1 N–H and O–H groups in total. The number of thioether (sulfide) groups is 1. The minimum atomic E-state index is 0.198. The molecule has 0 saturated heterocycles. The van der Waals surface area contributed by atoms with Crippen molar-refractivity contribution in [3.63, 3.8) is 0 Å². The predicted molar refractivity (Wildman–Crippen MR) is 95.7 cm³/mol. The molecule has 20 heavy (non-hydrogen) atoms. The van der Waals surface area contributed by atoms with E-state index in [9.17, 15) is 0 Å². The van der Waals surface area contributed by atoms with E-state index in [0.717, 1.165) is 31.5 Å². The summed E-state index contributed by atoms with van der Waals surface area (Å²) in [7, 11) is 0. The highest BCUT2D eigenvalue weighted by Gasteiger charge is 2.39. The third-order valence-corrected chi connectivity index (χ3v) is 6.39. The normalized spacial score (nSPS) is 29.6. The summed E-state index contributed by atoms with van der Waals surface area (Å²) < 4.78 is 2.15. The van der Waals surface area contributed by atoms with Crippen LogP contribution in [0.2, 0.25) is 0 Å². The van der Waals surface area contributed by atoms with Crippen molar-refractivity contribution in [1.82, 2.24) is 0 Å². The average Bonchev–Trinajstić information content (AvgIpc) is 2.76. The smallest absolute Gasteiger partial charge is 0.161 e. The van der Waals surface area contributed by atoms with Gasteiger partial charge in [-0.15, -0.1) is 0 Å². The molecule has 108 valence electrons. The summed E-state index contributed by atoms with van der Waals surface area (Å²) in [6, 6.07) is 6.16. The average molecular weight is 418 g/mol. The number of benzene rings is 1. The third kappa shape index (κ3) is 3.25. The van der Waals surface area contributed by atoms with Crippen LogP contribution in [-0.2, 0) is 0 Å². The molecule has 1 saturated carbocycles. The number of rotatable bonds is 1. The Morgan fingerprint density at radius 3 is 3.05 bits per heavy atom. The first-order valence-electron chi connectivity index (χ1n) is 7.01. The molecule has 1 heterocycles. The molecule has 1 aromatic carbocycles. The van der Waals surface area contributed by atoms with Gasteiger partial charge in [0.25, 0.3) is 0 Å². The Morgan fingerprint density at radius 2 is 2.25 bits per heavy atom. The lowest BCUT2D eigenvalue weighted by molar-refractivity contribution is 0.266. The lowest BCUT2D eigenvalue weighted by Crippen LogP contribution is -2.33. The number of nitrogens with zero attached hydrogens (tertiary/aromatic N) is 1. The fourth-order valence-electron chi connectivity index (χ4n) is 3.12. The molecule has 1 aliphatic carbocycles. The lowest BCUT2D eigenvalue weighted by Gasteiger charge is -2.33. The van der Waals surface area contributed by atoms with Crippen LogP contribution in [-0.4, -0.2) is 16.5 Å². The maximum atomic E-state index is 5.03. The number of hydrogen-bond acceptors (Lipinski definition) is 3. The van der Waals surface area contributed by atoms with Gasteiger partial charge in [-0.2, -0.15) is 0 Å². The van der Waals surface area contributed by atoms with E-state index in [1.807, 2.05) is 23.9 Å². The first-order chi connectivity index (χ1) is 9.56. The molecular formula is C15H18Br2N2S. The zero-order chi connectivity index (χ0) is 14.2. The van der Waals surface area contributed by atoms with Gasteiger partial charge in [0, 0.05) is 14.7 Å². The monoisotopic (exact) mass is 416 g/mol. The van der Waals surface area contributed by atoms with Crippen LogP contribution < -0.4 is 5.32 Å². The summed E-state index contributed by atoms with van der Waals surface area (Å²) in [6.07, 6.45) is 5.17. The van der Waals surface area contributed by atoms with E-state index in [1.54, 1.807) is 0 Å². The van der Waals surface area contributed by atoms with Crippen molar-refractivity contribution >= 4 is 54.5 Å². The topological polar surface area (TPSA) is 24.4 Å². The van der Waals surface area contributed by atoms with Crippen molar-refractivity contribution in [2.45, 2.75) is 38.1 Å². The predicted octanol–water partition coefficient (Wildman–Crippen LogP) is 5.68. The van der Waals surface area contributed by atoms with Crippen LogP contribution in [0, 0.1) is 5.92 Å². The highest BCUT2D eigenvalue weighted by molar-refractivity contribution is 9.11. The standard InChI is InChI=1S/C15H18Br2N2S/c1-10-3-2-6-15(8-10)9-20-14(19-15)18-13-7-11(16)4-5-12(13)17/h4-5,7,10H,2-3,6,8-9H2,1H3,(H,18,19). The zero-order valence-electron chi connectivity index (χ0n) is 11.5. The summed E-state index contributed by atoms with van der Waals surface area (Å²) in [5.74, 6) is 1.94. The highest BCUT2D eigenvalue weighted by atomic mass is 79.9.